The van der Waals surface area contributed by atoms with Crippen molar-refractivity contribution in [3.8, 4) is 0 Å². The zero-order chi connectivity index (χ0) is 17.2. The normalized spacial score (nSPS) is 14.0. The standard InChI is InChI=1S/C20H22N4O/c1-14-19-17(16-7-8-16)10-12-22-20(19)24(23-14)13-18(25)21-11-9-15-5-3-2-4-6-15/h2-6,10,12,16H,7-9,11,13H2,1H3,(H,21,25). The number of carbonyl (C=O) groups excluding carboxylic acids is 1. The highest BCUT2D eigenvalue weighted by Crippen LogP contribution is 2.43. The molecule has 0 atom stereocenters. The molecule has 0 unspecified atom stereocenters. The van der Waals surface area contributed by atoms with Gasteiger partial charge >= 0.3 is 0 Å². The molecule has 5 heteroatoms. The van der Waals surface area contributed by atoms with Gasteiger partial charge in [-0.2, -0.15) is 5.10 Å². The number of aromatic nitrogens is 3. The Morgan fingerprint density at radius 1 is 1.24 bits per heavy atom. The summed E-state index contributed by atoms with van der Waals surface area (Å²) in [6.45, 7) is 2.84. The van der Waals surface area contributed by atoms with Crippen LogP contribution >= 0.6 is 0 Å². The van der Waals surface area contributed by atoms with Crippen molar-refractivity contribution >= 4 is 16.9 Å². The topological polar surface area (TPSA) is 59.8 Å². The largest absolute Gasteiger partial charge is 0.354 e. The fourth-order valence-electron chi connectivity index (χ4n) is 3.34. The molecule has 2 aromatic heterocycles. The van der Waals surface area contributed by atoms with E-state index in [0.717, 1.165) is 23.1 Å². The minimum atomic E-state index is -0.0287. The van der Waals surface area contributed by atoms with Crippen LogP contribution in [0.1, 0.15) is 35.6 Å². The minimum Gasteiger partial charge on any atom is -0.354 e. The zero-order valence-corrected chi connectivity index (χ0v) is 14.4. The lowest BCUT2D eigenvalue weighted by Crippen LogP contribution is -2.29. The smallest absolute Gasteiger partial charge is 0.241 e. The lowest BCUT2D eigenvalue weighted by molar-refractivity contribution is -0.121. The van der Waals surface area contributed by atoms with Gasteiger partial charge in [0, 0.05) is 18.1 Å². The quantitative estimate of drug-likeness (QED) is 0.754. The van der Waals surface area contributed by atoms with Gasteiger partial charge in [0.2, 0.25) is 5.91 Å². The molecular formula is C20H22N4O. The highest BCUT2D eigenvalue weighted by molar-refractivity contribution is 5.85. The van der Waals surface area contributed by atoms with Crippen molar-refractivity contribution in [2.75, 3.05) is 6.54 Å². The van der Waals surface area contributed by atoms with Crippen molar-refractivity contribution < 1.29 is 4.79 Å². The number of aryl methyl sites for hydroxylation is 1. The Balaban J connectivity index is 1.44. The van der Waals surface area contributed by atoms with Crippen molar-refractivity contribution in [1.29, 1.82) is 0 Å². The monoisotopic (exact) mass is 334 g/mol. The minimum absolute atomic E-state index is 0.0287. The second-order valence-electron chi connectivity index (χ2n) is 6.70. The number of rotatable bonds is 6. The molecule has 2 heterocycles. The second kappa shape index (κ2) is 6.67. The van der Waals surface area contributed by atoms with Gasteiger partial charge in [-0.1, -0.05) is 30.3 Å². The number of carbonyl (C=O) groups is 1. The predicted molar refractivity (Wildman–Crippen MR) is 97.4 cm³/mol. The van der Waals surface area contributed by atoms with Crippen LogP contribution in [-0.2, 0) is 17.8 Å². The number of nitrogens with one attached hydrogen (secondary N) is 1. The second-order valence-corrected chi connectivity index (χ2v) is 6.70. The highest BCUT2D eigenvalue weighted by atomic mass is 16.2. The molecule has 5 nitrogen and oxygen atoms in total. The first-order valence-corrected chi connectivity index (χ1v) is 8.85. The van der Waals surface area contributed by atoms with Gasteiger partial charge in [0.1, 0.15) is 6.54 Å². The summed E-state index contributed by atoms with van der Waals surface area (Å²) in [5, 5.41) is 8.66. The van der Waals surface area contributed by atoms with Crippen LogP contribution in [0.4, 0.5) is 0 Å². The number of benzene rings is 1. The van der Waals surface area contributed by atoms with Crippen molar-refractivity contribution in [2.24, 2.45) is 0 Å². The lowest BCUT2D eigenvalue weighted by Gasteiger charge is -2.06. The van der Waals surface area contributed by atoms with Gasteiger partial charge in [-0.3, -0.25) is 4.79 Å². The van der Waals surface area contributed by atoms with E-state index in [1.807, 2.05) is 31.3 Å². The molecule has 0 radical (unpaired) electrons. The molecule has 4 rings (SSSR count). The molecule has 1 aromatic carbocycles. The molecule has 1 amide bonds. The van der Waals surface area contributed by atoms with Gasteiger partial charge in [0.15, 0.2) is 5.65 Å². The molecule has 1 fully saturated rings. The number of hydrogen-bond donors (Lipinski definition) is 1. The van der Waals surface area contributed by atoms with Gasteiger partial charge < -0.3 is 5.32 Å². The summed E-state index contributed by atoms with van der Waals surface area (Å²) in [7, 11) is 0. The molecule has 0 aliphatic heterocycles. The van der Waals surface area contributed by atoms with E-state index in [4.69, 9.17) is 0 Å². The van der Waals surface area contributed by atoms with Crippen LogP contribution < -0.4 is 5.32 Å². The maximum atomic E-state index is 12.3. The fourth-order valence-corrected chi connectivity index (χ4v) is 3.34. The Labute approximate surface area is 147 Å². The Morgan fingerprint density at radius 2 is 2.04 bits per heavy atom. The van der Waals surface area contributed by atoms with Gasteiger partial charge in [0.25, 0.3) is 0 Å². The summed E-state index contributed by atoms with van der Waals surface area (Å²) >= 11 is 0. The molecule has 1 aliphatic rings. The summed E-state index contributed by atoms with van der Waals surface area (Å²) in [6, 6.07) is 12.3. The number of fused-ring (bicyclic) bond motifs is 1. The number of hydrogen-bond acceptors (Lipinski definition) is 3. The maximum absolute atomic E-state index is 12.3. The van der Waals surface area contributed by atoms with E-state index in [0.29, 0.717) is 12.5 Å². The van der Waals surface area contributed by atoms with Crippen LogP contribution in [0.15, 0.2) is 42.6 Å². The zero-order valence-electron chi connectivity index (χ0n) is 14.4. The first kappa shape index (κ1) is 15.8. The predicted octanol–water partition coefficient (Wildman–Crippen LogP) is 2.98. The Bertz CT molecular complexity index is 897. The number of nitrogens with zero attached hydrogens (tertiary/aromatic N) is 3. The number of amides is 1. The number of pyridine rings is 1. The van der Waals surface area contributed by atoms with Crippen LogP contribution in [0.2, 0.25) is 0 Å². The van der Waals surface area contributed by atoms with Crippen LogP contribution in [-0.4, -0.2) is 27.2 Å². The van der Waals surface area contributed by atoms with Crippen LogP contribution in [0.25, 0.3) is 11.0 Å². The van der Waals surface area contributed by atoms with Crippen LogP contribution in [0, 0.1) is 6.92 Å². The third-order valence-corrected chi connectivity index (χ3v) is 4.73. The molecule has 25 heavy (non-hydrogen) atoms. The Hall–Kier alpha value is -2.69. The molecule has 0 saturated heterocycles. The van der Waals surface area contributed by atoms with E-state index < -0.39 is 0 Å². The SMILES string of the molecule is Cc1nn(CC(=O)NCCc2ccccc2)c2nccc(C3CC3)c12. The van der Waals surface area contributed by atoms with Gasteiger partial charge in [-0.05, 0) is 49.3 Å². The van der Waals surface area contributed by atoms with Gasteiger partial charge in [0.05, 0.1) is 5.69 Å². The molecule has 3 aromatic rings. The summed E-state index contributed by atoms with van der Waals surface area (Å²) in [5.74, 6) is 0.612. The average molecular weight is 334 g/mol. The lowest BCUT2D eigenvalue weighted by atomic mass is 10.1. The van der Waals surface area contributed by atoms with E-state index in [1.165, 1.54) is 24.0 Å². The van der Waals surface area contributed by atoms with Crippen LogP contribution in [0.3, 0.4) is 0 Å². The molecular weight excluding hydrogens is 312 g/mol. The van der Waals surface area contributed by atoms with Gasteiger partial charge in [-0.15, -0.1) is 0 Å². The first-order valence-electron chi connectivity index (χ1n) is 8.85. The van der Waals surface area contributed by atoms with Crippen molar-refractivity contribution in [2.45, 2.75) is 38.6 Å². The summed E-state index contributed by atoms with van der Waals surface area (Å²) < 4.78 is 1.73. The molecule has 0 spiro atoms. The van der Waals surface area contributed by atoms with Crippen LogP contribution in [0.5, 0.6) is 0 Å². The molecule has 128 valence electrons. The van der Waals surface area contributed by atoms with Gasteiger partial charge in [-0.25, -0.2) is 9.67 Å². The van der Waals surface area contributed by atoms with E-state index in [9.17, 15) is 4.79 Å². The molecule has 1 saturated carbocycles. The molecule has 1 aliphatic carbocycles. The van der Waals surface area contributed by atoms with Crippen molar-refractivity contribution in [3.63, 3.8) is 0 Å². The fraction of sp³-hybridized carbons (Fsp3) is 0.350. The van der Waals surface area contributed by atoms with E-state index in [-0.39, 0.29) is 12.5 Å². The first-order chi connectivity index (χ1) is 12.2. The Kier molecular flexibility index (Phi) is 4.22. The third-order valence-electron chi connectivity index (χ3n) is 4.73. The Morgan fingerprint density at radius 3 is 2.80 bits per heavy atom. The third kappa shape index (κ3) is 3.40. The van der Waals surface area contributed by atoms with Crippen molar-refractivity contribution in [3.05, 3.63) is 59.4 Å². The average Bonchev–Trinajstić information content (AvgIpc) is 3.42. The summed E-state index contributed by atoms with van der Waals surface area (Å²) in [6.07, 6.45) is 5.14. The maximum Gasteiger partial charge on any atom is 0.241 e. The van der Waals surface area contributed by atoms with E-state index in [2.05, 4.69) is 33.6 Å². The summed E-state index contributed by atoms with van der Waals surface area (Å²) in [4.78, 5) is 16.8. The highest BCUT2D eigenvalue weighted by Gasteiger charge is 2.27. The van der Waals surface area contributed by atoms with E-state index >= 15 is 0 Å². The van der Waals surface area contributed by atoms with Crippen molar-refractivity contribution in [1.82, 2.24) is 20.1 Å². The summed E-state index contributed by atoms with van der Waals surface area (Å²) in [5.41, 5.74) is 4.33. The van der Waals surface area contributed by atoms with E-state index in [1.54, 1.807) is 4.68 Å². The molecule has 1 N–H and O–H groups in total. The molecule has 0 bridgehead atoms.